The van der Waals surface area contributed by atoms with Crippen LogP contribution in [0.5, 0.6) is 17.2 Å². The molecule has 3 rings (SSSR count). The van der Waals surface area contributed by atoms with Crippen LogP contribution in [0, 0.1) is 4.77 Å². The molecule has 0 aliphatic rings. The highest BCUT2D eigenvalue weighted by Gasteiger charge is 2.13. The Morgan fingerprint density at radius 3 is 2.17 bits per heavy atom. The number of hydrogen-bond donors (Lipinski definition) is 1. The van der Waals surface area contributed by atoms with E-state index in [1.807, 2.05) is 43.3 Å². The Bertz CT molecular complexity index is 1050. The first kappa shape index (κ1) is 20.4. The maximum atomic E-state index is 5.39. The van der Waals surface area contributed by atoms with Gasteiger partial charge in [-0.05, 0) is 48.6 Å². The minimum absolute atomic E-state index is 0.389. The van der Waals surface area contributed by atoms with Gasteiger partial charge in [-0.1, -0.05) is 0 Å². The van der Waals surface area contributed by atoms with Crippen molar-refractivity contribution in [2.45, 2.75) is 0 Å². The largest absolute Gasteiger partial charge is 0.493 e. The Balaban J connectivity index is 1.98. The van der Waals surface area contributed by atoms with Crippen LogP contribution in [0.3, 0.4) is 0 Å². The van der Waals surface area contributed by atoms with Crippen molar-refractivity contribution in [1.82, 2.24) is 14.9 Å². The van der Waals surface area contributed by atoms with E-state index in [0.717, 1.165) is 16.8 Å². The summed E-state index contributed by atoms with van der Waals surface area (Å²) in [5, 5.41) is 11.6. The van der Waals surface area contributed by atoms with Gasteiger partial charge in [-0.25, -0.2) is 5.10 Å². The predicted molar refractivity (Wildman–Crippen MR) is 116 cm³/mol. The summed E-state index contributed by atoms with van der Waals surface area (Å²) in [5.74, 6) is 2.23. The second-order valence-electron chi connectivity index (χ2n) is 6.31. The summed E-state index contributed by atoms with van der Waals surface area (Å²) in [6.07, 6.45) is 1.66. The maximum absolute atomic E-state index is 5.39. The Kier molecular flexibility index (Phi) is 6.18. The zero-order valence-electron chi connectivity index (χ0n) is 17.0. The highest BCUT2D eigenvalue weighted by molar-refractivity contribution is 7.71. The second kappa shape index (κ2) is 8.78. The van der Waals surface area contributed by atoms with Crippen LogP contribution in [-0.4, -0.2) is 56.5 Å². The smallest absolute Gasteiger partial charge is 0.216 e. The number of methoxy groups -OCH3 is 3. The van der Waals surface area contributed by atoms with Crippen LogP contribution in [-0.2, 0) is 0 Å². The Hall–Kier alpha value is -3.33. The van der Waals surface area contributed by atoms with E-state index in [0.29, 0.717) is 27.8 Å². The number of rotatable bonds is 7. The summed E-state index contributed by atoms with van der Waals surface area (Å²) in [5.41, 5.74) is 2.75. The molecule has 9 heteroatoms. The van der Waals surface area contributed by atoms with Gasteiger partial charge in [0.2, 0.25) is 10.5 Å². The monoisotopic (exact) mass is 413 g/mol. The highest BCUT2D eigenvalue weighted by atomic mass is 32.1. The quantitative estimate of drug-likeness (QED) is 0.471. The summed E-state index contributed by atoms with van der Waals surface area (Å²) in [4.78, 5) is 2.03. The molecule has 0 aliphatic heterocycles. The average Bonchev–Trinajstić information content (AvgIpc) is 3.11. The number of nitrogens with one attached hydrogen (secondary N) is 1. The number of hydrogen-bond acceptors (Lipinski definition) is 7. The van der Waals surface area contributed by atoms with Crippen molar-refractivity contribution in [1.29, 1.82) is 0 Å². The lowest BCUT2D eigenvalue weighted by molar-refractivity contribution is 0.324. The molecule has 0 atom stereocenters. The number of benzene rings is 2. The van der Waals surface area contributed by atoms with E-state index < -0.39 is 0 Å². The number of anilines is 1. The van der Waals surface area contributed by atoms with E-state index in [9.17, 15) is 0 Å². The van der Waals surface area contributed by atoms with Gasteiger partial charge in [-0.2, -0.15) is 14.9 Å². The van der Waals surface area contributed by atoms with E-state index in [1.54, 1.807) is 44.4 Å². The summed E-state index contributed by atoms with van der Waals surface area (Å²) < 4.78 is 18.1. The fourth-order valence-electron chi connectivity index (χ4n) is 2.79. The van der Waals surface area contributed by atoms with Crippen LogP contribution in [0.1, 0.15) is 5.56 Å². The first-order chi connectivity index (χ1) is 14.0. The van der Waals surface area contributed by atoms with Gasteiger partial charge >= 0.3 is 0 Å². The Labute approximate surface area is 174 Å². The van der Waals surface area contributed by atoms with E-state index in [1.165, 1.54) is 0 Å². The number of aromatic amines is 1. The van der Waals surface area contributed by atoms with Crippen LogP contribution >= 0.6 is 12.2 Å². The lowest BCUT2D eigenvalue weighted by Crippen LogP contribution is -2.08. The number of aromatic nitrogens is 3. The molecule has 3 aromatic rings. The third kappa shape index (κ3) is 4.24. The molecule has 0 amide bonds. The van der Waals surface area contributed by atoms with E-state index >= 15 is 0 Å². The van der Waals surface area contributed by atoms with Gasteiger partial charge in [-0.15, -0.1) is 0 Å². The molecule has 0 spiro atoms. The SMILES string of the molecule is COc1cc(/C=N\n2c(-c3ccc(N(C)C)cc3)n[nH]c2=S)cc(OC)c1OC. The van der Waals surface area contributed by atoms with Gasteiger partial charge in [0, 0.05) is 30.9 Å². The average molecular weight is 414 g/mol. The highest BCUT2D eigenvalue weighted by Crippen LogP contribution is 2.37. The third-order valence-corrected chi connectivity index (χ3v) is 4.57. The van der Waals surface area contributed by atoms with E-state index in [-0.39, 0.29) is 0 Å². The van der Waals surface area contributed by atoms with Gasteiger partial charge in [0.1, 0.15) is 0 Å². The lowest BCUT2D eigenvalue weighted by atomic mass is 10.2. The molecule has 1 N–H and O–H groups in total. The van der Waals surface area contributed by atoms with Gasteiger partial charge in [-0.3, -0.25) is 0 Å². The topological polar surface area (TPSA) is 76.9 Å². The number of ether oxygens (including phenoxy) is 3. The van der Waals surface area contributed by atoms with Gasteiger partial charge in [0.25, 0.3) is 0 Å². The molecule has 0 radical (unpaired) electrons. The standard InChI is InChI=1S/C20H23N5O3S/c1-24(2)15-8-6-14(7-9-15)19-22-23-20(29)25(19)21-12-13-10-16(26-3)18(28-5)17(11-13)27-4/h6-12H,1-5H3,(H,23,29)/b21-12-. The molecule has 0 saturated carbocycles. The molecule has 0 unspecified atom stereocenters. The normalized spacial score (nSPS) is 10.9. The number of H-pyrrole nitrogens is 1. The molecule has 0 aliphatic carbocycles. The predicted octanol–water partition coefficient (Wildman–Crippen LogP) is 3.58. The molecule has 0 saturated heterocycles. The molecule has 1 aromatic heterocycles. The molecular weight excluding hydrogens is 390 g/mol. The summed E-state index contributed by atoms with van der Waals surface area (Å²) >= 11 is 5.35. The summed E-state index contributed by atoms with van der Waals surface area (Å²) in [7, 11) is 8.69. The minimum Gasteiger partial charge on any atom is -0.493 e. The maximum Gasteiger partial charge on any atom is 0.216 e. The van der Waals surface area contributed by atoms with Gasteiger partial charge in [0.05, 0.1) is 27.5 Å². The molecule has 2 aromatic carbocycles. The van der Waals surface area contributed by atoms with Gasteiger partial charge in [0.15, 0.2) is 17.3 Å². The van der Waals surface area contributed by atoms with Crippen LogP contribution < -0.4 is 19.1 Å². The Morgan fingerprint density at radius 2 is 1.66 bits per heavy atom. The Morgan fingerprint density at radius 1 is 1.03 bits per heavy atom. The lowest BCUT2D eigenvalue weighted by Gasteiger charge is -2.13. The van der Waals surface area contributed by atoms with Crippen molar-refractivity contribution in [2.24, 2.45) is 5.10 Å². The molecule has 8 nitrogen and oxygen atoms in total. The van der Waals surface area contributed by atoms with Crippen LogP contribution in [0.15, 0.2) is 41.5 Å². The minimum atomic E-state index is 0.389. The fraction of sp³-hybridized carbons (Fsp3) is 0.250. The van der Waals surface area contributed by atoms with Crippen molar-refractivity contribution in [3.63, 3.8) is 0 Å². The molecule has 152 valence electrons. The van der Waals surface area contributed by atoms with Gasteiger partial charge < -0.3 is 19.1 Å². The van der Waals surface area contributed by atoms with Crippen molar-refractivity contribution < 1.29 is 14.2 Å². The first-order valence-corrected chi connectivity index (χ1v) is 9.18. The fourth-order valence-corrected chi connectivity index (χ4v) is 2.97. The van der Waals surface area contributed by atoms with E-state index in [4.69, 9.17) is 26.4 Å². The van der Waals surface area contributed by atoms with Crippen LogP contribution in [0.4, 0.5) is 5.69 Å². The van der Waals surface area contributed by atoms with E-state index in [2.05, 4.69) is 15.3 Å². The second-order valence-corrected chi connectivity index (χ2v) is 6.70. The number of nitrogens with zero attached hydrogens (tertiary/aromatic N) is 4. The van der Waals surface area contributed by atoms with Crippen molar-refractivity contribution >= 4 is 24.1 Å². The van der Waals surface area contributed by atoms with Crippen molar-refractivity contribution in [3.8, 4) is 28.6 Å². The molecule has 29 heavy (non-hydrogen) atoms. The van der Waals surface area contributed by atoms with Crippen molar-refractivity contribution in [3.05, 3.63) is 46.7 Å². The van der Waals surface area contributed by atoms with Crippen LogP contribution in [0.25, 0.3) is 11.4 Å². The molecule has 0 fully saturated rings. The molecule has 0 bridgehead atoms. The molecule has 1 heterocycles. The summed E-state index contributed by atoms with van der Waals surface area (Å²) in [6, 6.07) is 11.6. The van der Waals surface area contributed by atoms with Crippen LogP contribution in [0.2, 0.25) is 0 Å². The zero-order valence-corrected chi connectivity index (χ0v) is 17.8. The summed E-state index contributed by atoms with van der Waals surface area (Å²) in [6.45, 7) is 0. The zero-order chi connectivity index (χ0) is 21.0. The molecular formula is C20H23N5O3S. The third-order valence-electron chi connectivity index (χ3n) is 4.30. The van der Waals surface area contributed by atoms with Crippen molar-refractivity contribution in [2.75, 3.05) is 40.3 Å². The first-order valence-electron chi connectivity index (χ1n) is 8.78.